The third-order valence-corrected chi connectivity index (χ3v) is 4.67. The average molecular weight is 289 g/mol. The number of piperazine rings is 1. The maximum atomic E-state index is 9.06. The fourth-order valence-electron chi connectivity index (χ4n) is 3.19. The van der Waals surface area contributed by atoms with Gasteiger partial charge in [0.2, 0.25) is 0 Å². The molecule has 1 aromatic rings. The molecule has 1 aromatic heterocycles. The minimum atomic E-state index is 0.152. The summed E-state index contributed by atoms with van der Waals surface area (Å²) in [6.45, 7) is 5.03. The SMILES string of the molecule is CC1CN(c2nc3c(cc2C(N)=NO)CCC3)CCN1C. The molecule has 2 aliphatic rings. The summed E-state index contributed by atoms with van der Waals surface area (Å²) in [5, 5.41) is 12.3. The number of nitrogens with zero attached hydrogens (tertiary/aromatic N) is 4. The van der Waals surface area contributed by atoms with Crippen LogP contribution in [0.4, 0.5) is 5.82 Å². The van der Waals surface area contributed by atoms with E-state index in [-0.39, 0.29) is 5.84 Å². The second-order valence-electron chi connectivity index (χ2n) is 6.08. The first-order valence-electron chi connectivity index (χ1n) is 7.56. The fraction of sp³-hybridized carbons (Fsp3) is 0.600. The summed E-state index contributed by atoms with van der Waals surface area (Å²) in [5.41, 5.74) is 9.05. The first kappa shape index (κ1) is 14.1. The molecule has 0 amide bonds. The molecule has 2 heterocycles. The van der Waals surface area contributed by atoms with Gasteiger partial charge < -0.3 is 20.7 Å². The van der Waals surface area contributed by atoms with Crippen LogP contribution < -0.4 is 10.6 Å². The van der Waals surface area contributed by atoms with Crippen LogP contribution >= 0.6 is 0 Å². The zero-order valence-electron chi connectivity index (χ0n) is 12.7. The van der Waals surface area contributed by atoms with Crippen LogP contribution in [0.15, 0.2) is 11.2 Å². The lowest BCUT2D eigenvalue weighted by Gasteiger charge is -2.39. The number of hydrogen-bond acceptors (Lipinski definition) is 5. The molecule has 3 N–H and O–H groups in total. The Hall–Kier alpha value is -1.82. The highest BCUT2D eigenvalue weighted by Gasteiger charge is 2.26. The molecule has 1 aliphatic heterocycles. The Bertz CT molecular complexity index is 571. The lowest BCUT2D eigenvalue weighted by molar-refractivity contribution is 0.233. The maximum Gasteiger partial charge on any atom is 0.173 e. The molecule has 0 radical (unpaired) electrons. The first-order chi connectivity index (χ1) is 10.1. The van der Waals surface area contributed by atoms with Gasteiger partial charge >= 0.3 is 0 Å². The van der Waals surface area contributed by atoms with Gasteiger partial charge in [0.25, 0.3) is 0 Å². The van der Waals surface area contributed by atoms with E-state index in [9.17, 15) is 0 Å². The van der Waals surface area contributed by atoms with Crippen molar-refractivity contribution in [1.29, 1.82) is 0 Å². The van der Waals surface area contributed by atoms with Crippen LogP contribution in [0.2, 0.25) is 0 Å². The lowest BCUT2D eigenvalue weighted by Crippen LogP contribution is -2.50. The number of anilines is 1. The maximum absolute atomic E-state index is 9.06. The molecule has 1 aliphatic carbocycles. The molecule has 0 spiro atoms. The van der Waals surface area contributed by atoms with Gasteiger partial charge in [-0.05, 0) is 44.9 Å². The molecule has 114 valence electrons. The van der Waals surface area contributed by atoms with Crippen LogP contribution in [0.1, 0.15) is 30.2 Å². The standard InChI is InChI=1S/C15H23N5O/c1-10-9-20(7-6-19(10)2)15-12(14(16)18-21)8-11-4-3-5-13(11)17-15/h8,10,21H,3-7,9H2,1-2H3,(H2,16,18). The van der Waals surface area contributed by atoms with Crippen molar-refractivity contribution in [3.63, 3.8) is 0 Å². The monoisotopic (exact) mass is 289 g/mol. The average Bonchev–Trinajstić information content (AvgIpc) is 2.95. The molecule has 1 saturated heterocycles. The normalized spacial score (nSPS) is 23.4. The molecule has 0 aromatic carbocycles. The number of pyridine rings is 1. The molecule has 1 fully saturated rings. The Morgan fingerprint density at radius 3 is 2.95 bits per heavy atom. The number of oxime groups is 1. The summed E-state index contributed by atoms with van der Waals surface area (Å²) in [6.07, 6.45) is 3.20. The Kier molecular flexibility index (Phi) is 3.71. The summed E-state index contributed by atoms with van der Waals surface area (Å²) in [7, 11) is 2.14. The molecule has 0 bridgehead atoms. The molecule has 0 saturated carbocycles. The third kappa shape index (κ3) is 2.55. The molecule has 3 rings (SSSR count). The van der Waals surface area contributed by atoms with E-state index in [0.717, 1.165) is 50.3 Å². The molecule has 6 nitrogen and oxygen atoms in total. The molecule has 21 heavy (non-hydrogen) atoms. The van der Waals surface area contributed by atoms with Gasteiger partial charge in [0.1, 0.15) is 5.82 Å². The Morgan fingerprint density at radius 2 is 2.24 bits per heavy atom. The zero-order chi connectivity index (χ0) is 15.0. The van der Waals surface area contributed by atoms with E-state index in [1.165, 1.54) is 11.3 Å². The summed E-state index contributed by atoms with van der Waals surface area (Å²) in [6, 6.07) is 2.52. The van der Waals surface area contributed by atoms with Crippen LogP contribution in [0.25, 0.3) is 0 Å². The van der Waals surface area contributed by atoms with E-state index in [1.807, 2.05) is 0 Å². The highest BCUT2D eigenvalue weighted by molar-refractivity contribution is 6.01. The van der Waals surface area contributed by atoms with Crippen LogP contribution in [0, 0.1) is 0 Å². The lowest BCUT2D eigenvalue weighted by atomic mass is 10.1. The quantitative estimate of drug-likeness (QED) is 0.364. The number of fused-ring (bicyclic) bond motifs is 1. The number of amidine groups is 1. The number of aromatic nitrogens is 1. The number of rotatable bonds is 2. The molecule has 1 unspecified atom stereocenters. The Labute approximate surface area is 125 Å². The predicted molar refractivity (Wildman–Crippen MR) is 83.1 cm³/mol. The second-order valence-corrected chi connectivity index (χ2v) is 6.08. The van der Waals surface area contributed by atoms with Crippen molar-refractivity contribution in [2.75, 3.05) is 31.6 Å². The highest BCUT2D eigenvalue weighted by atomic mass is 16.4. The second kappa shape index (κ2) is 5.52. The summed E-state index contributed by atoms with van der Waals surface area (Å²) >= 11 is 0. The minimum Gasteiger partial charge on any atom is -0.409 e. The van der Waals surface area contributed by atoms with Gasteiger partial charge in [-0.15, -0.1) is 0 Å². The van der Waals surface area contributed by atoms with E-state index in [0.29, 0.717) is 6.04 Å². The van der Waals surface area contributed by atoms with Crippen molar-refractivity contribution in [1.82, 2.24) is 9.88 Å². The predicted octanol–water partition coefficient (Wildman–Crippen LogP) is 0.805. The van der Waals surface area contributed by atoms with Crippen LogP contribution in [-0.4, -0.2) is 53.7 Å². The Morgan fingerprint density at radius 1 is 1.43 bits per heavy atom. The van der Waals surface area contributed by atoms with Crippen LogP contribution in [0.3, 0.4) is 0 Å². The van der Waals surface area contributed by atoms with Gasteiger partial charge in [-0.1, -0.05) is 5.16 Å². The number of hydrogen-bond donors (Lipinski definition) is 2. The van der Waals surface area contributed by atoms with E-state index in [1.54, 1.807) is 0 Å². The highest BCUT2D eigenvalue weighted by Crippen LogP contribution is 2.28. The van der Waals surface area contributed by atoms with Crippen molar-refractivity contribution >= 4 is 11.7 Å². The largest absolute Gasteiger partial charge is 0.409 e. The number of likely N-dealkylation sites (N-methyl/N-ethyl adjacent to an activating group) is 1. The zero-order valence-corrected chi connectivity index (χ0v) is 12.7. The molecule has 6 heteroatoms. The topological polar surface area (TPSA) is 78.0 Å². The van der Waals surface area contributed by atoms with Gasteiger partial charge in [-0.3, -0.25) is 0 Å². The van der Waals surface area contributed by atoms with Gasteiger partial charge in [-0.25, -0.2) is 4.98 Å². The summed E-state index contributed by atoms with van der Waals surface area (Å²) < 4.78 is 0. The third-order valence-electron chi connectivity index (χ3n) is 4.67. The smallest absolute Gasteiger partial charge is 0.173 e. The van der Waals surface area contributed by atoms with Gasteiger partial charge in [0.15, 0.2) is 5.84 Å². The van der Waals surface area contributed by atoms with Crippen LogP contribution in [0.5, 0.6) is 0 Å². The van der Waals surface area contributed by atoms with Crippen molar-refractivity contribution in [3.8, 4) is 0 Å². The van der Waals surface area contributed by atoms with Crippen molar-refractivity contribution < 1.29 is 5.21 Å². The van der Waals surface area contributed by atoms with Gasteiger partial charge in [-0.2, -0.15) is 0 Å². The van der Waals surface area contributed by atoms with E-state index < -0.39 is 0 Å². The van der Waals surface area contributed by atoms with Gasteiger partial charge in [0.05, 0.1) is 5.56 Å². The first-order valence-corrected chi connectivity index (χ1v) is 7.56. The fourth-order valence-corrected chi connectivity index (χ4v) is 3.19. The number of aryl methyl sites for hydroxylation is 2. The van der Waals surface area contributed by atoms with E-state index >= 15 is 0 Å². The molecular formula is C15H23N5O. The molecule has 1 atom stereocenters. The molecular weight excluding hydrogens is 266 g/mol. The summed E-state index contributed by atoms with van der Waals surface area (Å²) in [4.78, 5) is 9.44. The van der Waals surface area contributed by atoms with Crippen molar-refractivity contribution in [3.05, 3.63) is 22.9 Å². The van der Waals surface area contributed by atoms with Crippen molar-refractivity contribution in [2.24, 2.45) is 10.9 Å². The van der Waals surface area contributed by atoms with Gasteiger partial charge in [0, 0.05) is 31.4 Å². The van der Waals surface area contributed by atoms with E-state index in [4.69, 9.17) is 15.9 Å². The van der Waals surface area contributed by atoms with E-state index in [2.05, 4.69) is 35.0 Å². The van der Waals surface area contributed by atoms with Crippen LogP contribution in [-0.2, 0) is 12.8 Å². The summed E-state index contributed by atoms with van der Waals surface area (Å²) in [5.74, 6) is 1.02. The minimum absolute atomic E-state index is 0.152. The number of nitrogens with two attached hydrogens (primary N) is 1. The Balaban J connectivity index is 2.00. The van der Waals surface area contributed by atoms with Crippen molar-refractivity contribution in [2.45, 2.75) is 32.2 Å².